The van der Waals surface area contributed by atoms with Gasteiger partial charge in [0, 0.05) is 23.5 Å². The van der Waals surface area contributed by atoms with Gasteiger partial charge in [-0.25, -0.2) is 13.1 Å². The highest BCUT2D eigenvalue weighted by Crippen LogP contribution is 2.43. The van der Waals surface area contributed by atoms with E-state index in [0.29, 0.717) is 17.7 Å². The maximum absolute atomic E-state index is 14.4. The number of carbonyl (C=O) groups excluding carboxylic acids is 1. The zero-order valence-electron chi connectivity index (χ0n) is 25.7. The Morgan fingerprint density at radius 3 is 2.21 bits per heavy atom. The van der Waals surface area contributed by atoms with E-state index in [1.807, 2.05) is 0 Å². The minimum atomic E-state index is -4.96. The molecule has 43 heavy (non-hydrogen) atoms. The number of hydrogen-bond acceptors (Lipinski definition) is 4. The molecule has 0 aliphatic heterocycles. The quantitative estimate of drug-likeness (QED) is 0.253. The number of nitrogens with zero attached hydrogens (tertiary/aromatic N) is 1. The molecule has 0 atom stereocenters. The van der Waals surface area contributed by atoms with E-state index >= 15 is 0 Å². The highest BCUT2D eigenvalue weighted by Gasteiger charge is 2.42. The van der Waals surface area contributed by atoms with E-state index in [0.717, 1.165) is 38.2 Å². The van der Waals surface area contributed by atoms with Gasteiger partial charge >= 0.3 is 12.1 Å². The normalized spacial score (nSPS) is 17.7. The van der Waals surface area contributed by atoms with Crippen LogP contribution in [-0.2, 0) is 21.2 Å². The molecule has 0 aromatic carbocycles. The number of carbonyl (C=O) groups is 2. The largest absolute Gasteiger partial charge is 0.481 e. The molecule has 1 aromatic rings. The van der Waals surface area contributed by atoms with Gasteiger partial charge in [-0.05, 0) is 84.8 Å². The molecule has 1 fully saturated rings. The number of aliphatic carboxylic acids is 1. The van der Waals surface area contributed by atoms with Crippen LogP contribution >= 0.6 is 11.6 Å². The van der Waals surface area contributed by atoms with Gasteiger partial charge in [-0.1, -0.05) is 43.7 Å². The fraction of sp³-hybridized carbons (Fsp3) is 0.667. The van der Waals surface area contributed by atoms with Crippen molar-refractivity contribution in [3.8, 4) is 0 Å². The van der Waals surface area contributed by atoms with Crippen molar-refractivity contribution in [2.75, 3.05) is 6.54 Å². The molecule has 8 nitrogen and oxygen atoms in total. The number of carboxylic acids is 1. The molecule has 0 spiro atoms. The summed E-state index contributed by atoms with van der Waals surface area (Å²) in [6.45, 7) is 9.52. The average molecular weight is 650 g/mol. The smallest absolute Gasteiger partial charge is 0.417 e. The summed E-state index contributed by atoms with van der Waals surface area (Å²) in [6.07, 6.45) is 1.19. The number of aromatic nitrogens is 1. The van der Waals surface area contributed by atoms with E-state index < -0.39 is 55.9 Å². The fourth-order valence-electron chi connectivity index (χ4n) is 5.71. The summed E-state index contributed by atoms with van der Waals surface area (Å²) in [5.74, 6) is -1.29. The first-order chi connectivity index (χ1) is 19.7. The summed E-state index contributed by atoms with van der Waals surface area (Å²) < 4.78 is 73.0. The number of rotatable bonds is 10. The standard InChI is InChI=1S/C30H43ClF3N3O5S/c1-18-22(16-19-10-8-7-9-11-19)37(25(31)24(18)26(38)35-15-14-29(5,6)27(39)40)20-12-13-23(21(17-20)30(32,33)34)43(41,42)36-28(2,3)4/h17,19,36H,7-16H2,1-6H3,(H,35,38)(H,39,40). The van der Waals surface area contributed by atoms with Gasteiger partial charge in [0.05, 0.1) is 21.5 Å². The Morgan fingerprint density at radius 1 is 1.07 bits per heavy atom. The third kappa shape index (κ3) is 8.45. The van der Waals surface area contributed by atoms with Gasteiger partial charge in [0.1, 0.15) is 5.15 Å². The molecule has 0 unspecified atom stereocenters. The van der Waals surface area contributed by atoms with Crippen LogP contribution in [0.1, 0.15) is 108 Å². The molecule has 1 aromatic heterocycles. The van der Waals surface area contributed by atoms with Crippen LogP contribution in [0.4, 0.5) is 13.2 Å². The number of carboxylic acid groups (broad SMARTS) is 1. The number of halogens is 4. The van der Waals surface area contributed by atoms with Crippen molar-refractivity contribution in [3.05, 3.63) is 38.5 Å². The lowest BCUT2D eigenvalue weighted by molar-refractivity contribution is -0.147. The van der Waals surface area contributed by atoms with Gasteiger partial charge < -0.3 is 15.0 Å². The summed E-state index contributed by atoms with van der Waals surface area (Å²) in [6, 6.07) is 0. The lowest BCUT2D eigenvalue weighted by atomic mass is 9.85. The predicted molar refractivity (Wildman–Crippen MR) is 161 cm³/mol. The Labute approximate surface area is 257 Å². The first-order valence-corrected chi connectivity index (χ1v) is 16.5. The Morgan fingerprint density at radius 2 is 1.67 bits per heavy atom. The summed E-state index contributed by atoms with van der Waals surface area (Å²) >= 11 is 6.81. The highest BCUT2D eigenvalue weighted by molar-refractivity contribution is 7.93. The van der Waals surface area contributed by atoms with E-state index in [-0.39, 0.29) is 41.7 Å². The van der Waals surface area contributed by atoms with Crippen LogP contribution in [0.15, 0.2) is 16.6 Å². The molecule has 1 amide bonds. The Kier molecular flexibility index (Phi) is 10.6. The zero-order chi connectivity index (χ0) is 32.5. The second kappa shape index (κ2) is 13.0. The molecular weight excluding hydrogens is 607 g/mol. The lowest BCUT2D eigenvalue weighted by Crippen LogP contribution is -2.42. The first-order valence-electron chi connectivity index (χ1n) is 14.6. The van der Waals surface area contributed by atoms with E-state index in [4.69, 9.17) is 11.6 Å². The van der Waals surface area contributed by atoms with Gasteiger partial charge in [0.25, 0.3) is 5.91 Å². The summed E-state index contributed by atoms with van der Waals surface area (Å²) in [5.41, 5.74) is -1.88. The second-order valence-electron chi connectivity index (χ2n) is 13.3. The van der Waals surface area contributed by atoms with Gasteiger partial charge in [0.15, 0.2) is 0 Å². The Hall–Kier alpha value is -2.31. The number of hydrogen-bond donors (Lipinski definition) is 3. The van der Waals surface area contributed by atoms with E-state index in [1.165, 1.54) is 4.57 Å². The SMILES string of the molecule is Cc1c(C(=O)NCCC(C)(C)C(=O)O)c(Cl)n(C2=CC(C(F)(F)F)=C(S(=O)(=O)NC(C)(C)C)CC2)c1CC1CCCCC1. The first kappa shape index (κ1) is 35.2. The van der Waals surface area contributed by atoms with E-state index in [9.17, 15) is 36.3 Å². The summed E-state index contributed by atoms with van der Waals surface area (Å²) in [7, 11) is -4.45. The van der Waals surface area contributed by atoms with Crippen LogP contribution < -0.4 is 10.0 Å². The molecule has 3 rings (SSSR count). The van der Waals surface area contributed by atoms with Gasteiger partial charge in [-0.15, -0.1) is 0 Å². The van der Waals surface area contributed by atoms with Crippen LogP contribution in [0.25, 0.3) is 5.70 Å². The van der Waals surface area contributed by atoms with Crippen LogP contribution in [0, 0.1) is 18.3 Å². The predicted octanol–water partition coefficient (Wildman–Crippen LogP) is 6.97. The van der Waals surface area contributed by atoms with Crippen molar-refractivity contribution in [3.63, 3.8) is 0 Å². The molecule has 1 heterocycles. The van der Waals surface area contributed by atoms with E-state index in [2.05, 4.69) is 10.0 Å². The Bertz CT molecular complexity index is 1410. The molecule has 0 saturated heterocycles. The van der Waals surface area contributed by atoms with Crippen LogP contribution in [-0.4, -0.2) is 48.2 Å². The molecule has 13 heteroatoms. The van der Waals surface area contributed by atoms with Crippen molar-refractivity contribution in [2.24, 2.45) is 11.3 Å². The molecule has 2 aliphatic rings. The zero-order valence-corrected chi connectivity index (χ0v) is 27.2. The molecule has 3 N–H and O–H groups in total. The highest BCUT2D eigenvalue weighted by atomic mass is 35.5. The molecular formula is C30H43ClF3N3O5S. The molecule has 0 bridgehead atoms. The number of amides is 1. The third-order valence-corrected chi connectivity index (χ3v) is 10.4. The average Bonchev–Trinajstić information content (AvgIpc) is 3.11. The Balaban J connectivity index is 2.12. The molecule has 1 saturated carbocycles. The number of nitrogens with one attached hydrogen (secondary N) is 2. The number of sulfonamides is 1. The van der Waals surface area contributed by atoms with Gasteiger partial charge in [-0.2, -0.15) is 13.2 Å². The van der Waals surface area contributed by atoms with Crippen LogP contribution in [0.2, 0.25) is 5.15 Å². The molecule has 242 valence electrons. The van der Waals surface area contributed by atoms with Crippen molar-refractivity contribution in [1.82, 2.24) is 14.6 Å². The van der Waals surface area contributed by atoms with E-state index in [1.54, 1.807) is 41.5 Å². The van der Waals surface area contributed by atoms with Crippen molar-refractivity contribution >= 4 is 39.2 Å². The molecule has 2 aliphatic carbocycles. The maximum Gasteiger partial charge on any atom is 0.417 e. The summed E-state index contributed by atoms with van der Waals surface area (Å²) in [5, 5.41) is 12.1. The number of allylic oxidation sites excluding steroid dienone is 4. The minimum absolute atomic E-state index is 0.0423. The summed E-state index contributed by atoms with van der Waals surface area (Å²) in [4.78, 5) is 24.1. The van der Waals surface area contributed by atoms with Crippen molar-refractivity contribution < 1.29 is 36.3 Å². The maximum atomic E-state index is 14.4. The number of alkyl halides is 3. The topological polar surface area (TPSA) is 118 Å². The minimum Gasteiger partial charge on any atom is -0.481 e. The van der Waals surface area contributed by atoms with Gasteiger partial charge in [0.2, 0.25) is 10.0 Å². The molecule has 0 radical (unpaired) electrons. The van der Waals surface area contributed by atoms with Crippen LogP contribution in [0.5, 0.6) is 0 Å². The van der Waals surface area contributed by atoms with Crippen molar-refractivity contribution in [1.29, 1.82) is 0 Å². The van der Waals surface area contributed by atoms with Gasteiger partial charge in [-0.3, -0.25) is 9.59 Å². The lowest BCUT2D eigenvalue weighted by Gasteiger charge is -2.28. The third-order valence-electron chi connectivity index (χ3n) is 8.11. The monoisotopic (exact) mass is 649 g/mol. The van der Waals surface area contributed by atoms with Crippen molar-refractivity contribution in [2.45, 2.75) is 111 Å². The fourth-order valence-corrected chi connectivity index (χ4v) is 7.91. The van der Waals surface area contributed by atoms with Crippen LogP contribution in [0.3, 0.4) is 0 Å². The second-order valence-corrected chi connectivity index (χ2v) is 15.4.